The molecule has 0 saturated heterocycles. The summed E-state index contributed by atoms with van der Waals surface area (Å²) in [6.45, 7) is 3.87. The molecular formula is C18H20BrNO2. The van der Waals surface area contributed by atoms with Crippen LogP contribution in [0.4, 0.5) is 0 Å². The summed E-state index contributed by atoms with van der Waals surface area (Å²) in [5, 5.41) is 3.12. The third-order valence-corrected chi connectivity index (χ3v) is 5.10. The first-order chi connectivity index (χ1) is 10.5. The van der Waals surface area contributed by atoms with E-state index in [1.807, 2.05) is 50.2 Å². The van der Waals surface area contributed by atoms with Gasteiger partial charge in [-0.05, 0) is 56.5 Å². The van der Waals surface area contributed by atoms with Gasteiger partial charge in [0.25, 0.3) is 0 Å². The summed E-state index contributed by atoms with van der Waals surface area (Å²) in [4.78, 5) is 12.9. The molecule has 4 heteroatoms. The fourth-order valence-electron chi connectivity index (χ4n) is 3.04. The minimum absolute atomic E-state index is 0.0997. The van der Waals surface area contributed by atoms with E-state index in [0.717, 1.165) is 40.8 Å². The summed E-state index contributed by atoms with van der Waals surface area (Å²) in [7, 11) is 0. The van der Waals surface area contributed by atoms with Gasteiger partial charge in [-0.25, -0.2) is 0 Å². The van der Waals surface area contributed by atoms with Crippen LogP contribution in [0.3, 0.4) is 0 Å². The minimum Gasteiger partial charge on any atom is -0.464 e. The number of hydrogen-bond donors (Lipinski definition) is 1. The van der Waals surface area contributed by atoms with Crippen molar-refractivity contribution in [3.05, 3.63) is 58.0 Å². The molecule has 3 nitrogen and oxygen atoms in total. The van der Waals surface area contributed by atoms with Crippen molar-refractivity contribution in [2.75, 3.05) is 0 Å². The number of halogens is 1. The van der Waals surface area contributed by atoms with E-state index in [0.29, 0.717) is 0 Å². The van der Waals surface area contributed by atoms with Crippen LogP contribution >= 0.6 is 15.9 Å². The van der Waals surface area contributed by atoms with Crippen LogP contribution in [0.5, 0.6) is 0 Å². The first kappa shape index (κ1) is 15.3. The Kier molecular flexibility index (Phi) is 4.13. The first-order valence-corrected chi connectivity index (χ1v) is 8.44. The fourth-order valence-corrected chi connectivity index (χ4v) is 3.30. The summed E-state index contributed by atoms with van der Waals surface area (Å²) >= 11 is 3.45. The summed E-state index contributed by atoms with van der Waals surface area (Å²) in [6.07, 6.45) is 2.91. The molecule has 0 aliphatic heterocycles. The Balaban J connectivity index is 1.78. The number of carbonyl (C=O) groups is 1. The van der Waals surface area contributed by atoms with Crippen LogP contribution in [0.15, 0.2) is 45.3 Å². The zero-order valence-corrected chi connectivity index (χ0v) is 14.4. The second-order valence-electron chi connectivity index (χ2n) is 6.09. The lowest BCUT2D eigenvalue weighted by Crippen LogP contribution is -2.49. The fraction of sp³-hybridized carbons (Fsp3) is 0.389. The Labute approximate surface area is 139 Å². The number of carbonyl (C=O) groups excluding carboxylic acids is 1. The van der Waals surface area contributed by atoms with Crippen molar-refractivity contribution in [1.29, 1.82) is 0 Å². The Morgan fingerprint density at radius 2 is 1.91 bits per heavy atom. The molecule has 1 saturated carbocycles. The second-order valence-corrected chi connectivity index (χ2v) is 7.00. The maximum atomic E-state index is 12.9. The number of benzene rings is 1. The number of amides is 1. The van der Waals surface area contributed by atoms with Crippen LogP contribution in [-0.2, 0) is 10.2 Å². The molecule has 1 heterocycles. The Morgan fingerprint density at radius 1 is 1.23 bits per heavy atom. The zero-order valence-electron chi connectivity index (χ0n) is 12.9. The van der Waals surface area contributed by atoms with E-state index in [9.17, 15) is 4.79 Å². The van der Waals surface area contributed by atoms with Crippen LogP contribution in [0, 0.1) is 6.92 Å². The molecule has 3 rings (SSSR count). The van der Waals surface area contributed by atoms with Crippen molar-refractivity contribution >= 4 is 21.8 Å². The molecule has 1 unspecified atom stereocenters. The average Bonchev–Trinajstić information content (AvgIpc) is 2.86. The molecule has 116 valence electrons. The van der Waals surface area contributed by atoms with Gasteiger partial charge >= 0.3 is 0 Å². The molecule has 1 amide bonds. The topological polar surface area (TPSA) is 42.2 Å². The molecule has 1 N–H and O–H groups in total. The molecule has 0 bridgehead atoms. The van der Waals surface area contributed by atoms with Crippen molar-refractivity contribution < 1.29 is 9.21 Å². The lowest BCUT2D eigenvalue weighted by atomic mass is 9.63. The Morgan fingerprint density at radius 3 is 2.41 bits per heavy atom. The van der Waals surface area contributed by atoms with E-state index in [-0.39, 0.29) is 17.4 Å². The average molecular weight is 362 g/mol. The number of furan rings is 1. The normalized spacial score (nSPS) is 17.6. The van der Waals surface area contributed by atoms with Gasteiger partial charge in [-0.1, -0.05) is 34.5 Å². The molecule has 1 aliphatic rings. The van der Waals surface area contributed by atoms with Crippen molar-refractivity contribution in [3.63, 3.8) is 0 Å². The van der Waals surface area contributed by atoms with Gasteiger partial charge in [-0.2, -0.15) is 0 Å². The van der Waals surface area contributed by atoms with Crippen LogP contribution in [0.25, 0.3) is 0 Å². The van der Waals surface area contributed by atoms with Gasteiger partial charge in [0.15, 0.2) is 0 Å². The van der Waals surface area contributed by atoms with Gasteiger partial charge < -0.3 is 9.73 Å². The van der Waals surface area contributed by atoms with Crippen LogP contribution in [-0.4, -0.2) is 5.91 Å². The maximum absolute atomic E-state index is 12.9. The zero-order chi connectivity index (χ0) is 15.7. The van der Waals surface area contributed by atoms with Crippen LogP contribution in [0.2, 0.25) is 0 Å². The predicted octanol–water partition coefficient (Wildman–Crippen LogP) is 4.65. The number of hydrogen-bond acceptors (Lipinski definition) is 2. The molecule has 1 aromatic heterocycles. The lowest BCUT2D eigenvalue weighted by Gasteiger charge is -2.41. The molecule has 0 radical (unpaired) electrons. The highest BCUT2D eigenvalue weighted by atomic mass is 79.9. The maximum Gasteiger partial charge on any atom is 0.231 e. The van der Waals surface area contributed by atoms with Gasteiger partial charge in [0.2, 0.25) is 5.91 Å². The molecule has 1 aromatic carbocycles. The molecule has 1 fully saturated rings. The minimum atomic E-state index is -0.378. The van der Waals surface area contributed by atoms with Crippen LogP contribution < -0.4 is 5.32 Å². The van der Waals surface area contributed by atoms with E-state index >= 15 is 0 Å². The highest BCUT2D eigenvalue weighted by Gasteiger charge is 2.45. The monoisotopic (exact) mass is 361 g/mol. The highest BCUT2D eigenvalue weighted by molar-refractivity contribution is 9.10. The quantitative estimate of drug-likeness (QED) is 0.860. The van der Waals surface area contributed by atoms with E-state index in [4.69, 9.17) is 4.42 Å². The van der Waals surface area contributed by atoms with Crippen LogP contribution in [0.1, 0.15) is 49.3 Å². The largest absolute Gasteiger partial charge is 0.464 e. The molecule has 22 heavy (non-hydrogen) atoms. The molecular weight excluding hydrogens is 342 g/mol. The Hall–Kier alpha value is -1.55. The SMILES string of the molecule is Cc1ccc(C(C)NC(=O)C2(c3ccc(Br)cc3)CCC2)o1. The summed E-state index contributed by atoms with van der Waals surface area (Å²) in [5.41, 5.74) is 0.721. The van der Waals surface area contributed by atoms with Crippen molar-refractivity contribution in [2.24, 2.45) is 0 Å². The van der Waals surface area contributed by atoms with Gasteiger partial charge in [-0.3, -0.25) is 4.79 Å². The first-order valence-electron chi connectivity index (χ1n) is 7.65. The lowest BCUT2D eigenvalue weighted by molar-refractivity contribution is -0.130. The molecule has 2 aromatic rings. The summed E-state index contributed by atoms with van der Waals surface area (Å²) < 4.78 is 6.64. The van der Waals surface area contributed by atoms with Gasteiger partial charge in [0.05, 0.1) is 11.5 Å². The van der Waals surface area contributed by atoms with E-state index in [1.165, 1.54) is 0 Å². The summed E-state index contributed by atoms with van der Waals surface area (Å²) in [5.74, 6) is 1.76. The van der Waals surface area contributed by atoms with Crippen molar-refractivity contribution in [2.45, 2.75) is 44.6 Å². The van der Waals surface area contributed by atoms with Gasteiger partial charge in [0, 0.05) is 4.47 Å². The third kappa shape index (κ3) is 2.72. The number of aryl methyl sites for hydroxylation is 1. The highest BCUT2D eigenvalue weighted by Crippen LogP contribution is 2.44. The van der Waals surface area contributed by atoms with E-state index < -0.39 is 0 Å². The Bertz CT molecular complexity index is 671. The van der Waals surface area contributed by atoms with Crippen molar-refractivity contribution in [3.8, 4) is 0 Å². The van der Waals surface area contributed by atoms with E-state index in [2.05, 4.69) is 21.2 Å². The second kappa shape index (κ2) is 5.92. The molecule has 1 aliphatic carbocycles. The number of nitrogens with one attached hydrogen (secondary N) is 1. The third-order valence-electron chi connectivity index (χ3n) is 4.57. The molecule has 1 atom stereocenters. The standard InChI is InChI=1S/C18H20BrNO2/c1-12-4-9-16(22-12)13(2)20-17(21)18(10-3-11-18)14-5-7-15(19)8-6-14/h4-9,13H,3,10-11H2,1-2H3,(H,20,21). The van der Waals surface area contributed by atoms with Gasteiger partial charge in [0.1, 0.15) is 11.5 Å². The van der Waals surface area contributed by atoms with Crippen molar-refractivity contribution in [1.82, 2.24) is 5.32 Å². The molecule has 0 spiro atoms. The number of rotatable bonds is 4. The summed E-state index contributed by atoms with van der Waals surface area (Å²) in [6, 6.07) is 11.8. The smallest absolute Gasteiger partial charge is 0.231 e. The van der Waals surface area contributed by atoms with Gasteiger partial charge in [-0.15, -0.1) is 0 Å². The van der Waals surface area contributed by atoms with E-state index in [1.54, 1.807) is 0 Å². The predicted molar refractivity (Wildman–Crippen MR) is 89.7 cm³/mol.